The predicted molar refractivity (Wildman–Crippen MR) is 68.5 cm³/mol. The monoisotopic (exact) mass is 261 g/mol. The van der Waals surface area contributed by atoms with Crippen molar-refractivity contribution in [3.63, 3.8) is 0 Å². The maximum Gasteiger partial charge on any atom is 0.215 e. The summed E-state index contributed by atoms with van der Waals surface area (Å²) >= 11 is 0. The van der Waals surface area contributed by atoms with Crippen molar-refractivity contribution in [1.82, 2.24) is 14.5 Å². The average Bonchev–Trinajstić information content (AvgIpc) is 2.88. The molecule has 2 aliphatic heterocycles. The number of nitrogens with zero attached hydrogens (tertiary/aromatic N) is 2. The fourth-order valence-electron chi connectivity index (χ4n) is 2.71. The number of sulfonamides is 1. The summed E-state index contributed by atoms with van der Waals surface area (Å²) < 4.78 is 26.1. The van der Waals surface area contributed by atoms with Crippen LogP contribution in [-0.2, 0) is 10.0 Å². The molecule has 0 saturated carbocycles. The smallest absolute Gasteiger partial charge is 0.215 e. The molecule has 0 aliphatic carbocycles. The van der Waals surface area contributed by atoms with E-state index >= 15 is 0 Å². The molecular formula is C11H23N3O2S. The molecule has 2 saturated heterocycles. The van der Waals surface area contributed by atoms with Gasteiger partial charge >= 0.3 is 0 Å². The Kier molecular flexibility index (Phi) is 4.07. The van der Waals surface area contributed by atoms with E-state index in [1.54, 1.807) is 11.4 Å². The van der Waals surface area contributed by atoms with Crippen LogP contribution in [0.1, 0.15) is 19.3 Å². The molecule has 0 spiro atoms. The topological polar surface area (TPSA) is 52.7 Å². The molecule has 2 fully saturated rings. The lowest BCUT2D eigenvalue weighted by Crippen LogP contribution is -2.43. The molecular weight excluding hydrogens is 238 g/mol. The zero-order chi connectivity index (χ0) is 12.5. The molecule has 0 aromatic heterocycles. The summed E-state index contributed by atoms with van der Waals surface area (Å²) in [4.78, 5) is 2.19. The zero-order valence-corrected chi connectivity index (χ0v) is 11.5. The lowest BCUT2D eigenvalue weighted by Gasteiger charge is -2.25. The summed E-state index contributed by atoms with van der Waals surface area (Å²) in [7, 11) is 0.665. The minimum atomic E-state index is -3.11. The summed E-state index contributed by atoms with van der Waals surface area (Å²) in [6, 6.07) is 0.313. The predicted octanol–water partition coefficient (Wildman–Crippen LogP) is -0.296. The lowest BCUT2D eigenvalue weighted by atomic mass is 10.3. The lowest BCUT2D eigenvalue weighted by molar-refractivity contribution is 0.344. The number of likely N-dealkylation sites (N-methyl/N-ethyl adjacent to an activating group) is 2. The molecule has 0 amide bonds. The van der Waals surface area contributed by atoms with Crippen LogP contribution < -0.4 is 5.32 Å². The highest BCUT2D eigenvalue weighted by Crippen LogP contribution is 2.18. The third-order valence-electron chi connectivity index (χ3n) is 3.89. The van der Waals surface area contributed by atoms with Crippen molar-refractivity contribution in [2.75, 3.05) is 39.5 Å². The highest BCUT2D eigenvalue weighted by atomic mass is 32.2. The summed E-state index contributed by atoms with van der Waals surface area (Å²) in [5.74, 6) is 0.254. The van der Waals surface area contributed by atoms with Crippen molar-refractivity contribution >= 4 is 10.0 Å². The van der Waals surface area contributed by atoms with Gasteiger partial charge in [-0.3, -0.25) is 0 Å². The van der Waals surface area contributed by atoms with Crippen molar-refractivity contribution in [2.45, 2.75) is 31.3 Å². The average molecular weight is 261 g/mol. The molecule has 2 unspecified atom stereocenters. The van der Waals surface area contributed by atoms with Crippen molar-refractivity contribution in [1.29, 1.82) is 0 Å². The first-order valence-electron chi connectivity index (χ1n) is 6.36. The second kappa shape index (κ2) is 5.22. The summed E-state index contributed by atoms with van der Waals surface area (Å²) in [5, 5.41) is 3.25. The molecule has 0 aromatic rings. The summed E-state index contributed by atoms with van der Waals surface area (Å²) in [5.41, 5.74) is 0. The number of hydrogen-bond donors (Lipinski definition) is 1. The fraction of sp³-hybridized carbons (Fsp3) is 1.00. The maximum atomic E-state index is 12.2. The molecule has 0 aromatic carbocycles. The highest BCUT2D eigenvalue weighted by molar-refractivity contribution is 7.89. The number of nitrogens with one attached hydrogen (secondary N) is 1. The van der Waals surface area contributed by atoms with Crippen LogP contribution in [0.15, 0.2) is 0 Å². The van der Waals surface area contributed by atoms with E-state index in [0.29, 0.717) is 0 Å². The Bertz CT molecular complexity index is 352. The minimum absolute atomic E-state index is 0.154. The van der Waals surface area contributed by atoms with Crippen molar-refractivity contribution in [3.05, 3.63) is 0 Å². The largest absolute Gasteiger partial charge is 0.313 e. The van der Waals surface area contributed by atoms with Crippen LogP contribution in [-0.4, -0.2) is 69.2 Å². The Balaban J connectivity index is 1.94. The number of likely N-dealkylation sites (tertiary alicyclic amines) is 1. The Morgan fingerprint density at radius 3 is 2.71 bits per heavy atom. The zero-order valence-electron chi connectivity index (χ0n) is 10.7. The first-order valence-corrected chi connectivity index (χ1v) is 7.97. The molecule has 2 heterocycles. The SMILES string of the molecule is CN1CCC(N(C)S(=O)(=O)CC2CCCN2)C1. The van der Waals surface area contributed by atoms with Gasteiger partial charge in [-0.05, 0) is 39.4 Å². The van der Waals surface area contributed by atoms with E-state index < -0.39 is 10.0 Å². The van der Waals surface area contributed by atoms with Gasteiger partial charge in [-0.15, -0.1) is 0 Å². The number of hydrogen-bond acceptors (Lipinski definition) is 4. The van der Waals surface area contributed by atoms with E-state index in [2.05, 4.69) is 10.2 Å². The second-order valence-corrected chi connectivity index (χ2v) is 7.37. The first-order chi connectivity index (χ1) is 7.99. The Morgan fingerprint density at radius 1 is 1.41 bits per heavy atom. The molecule has 2 rings (SSSR count). The van der Waals surface area contributed by atoms with E-state index in [1.807, 2.05) is 7.05 Å². The van der Waals surface area contributed by atoms with Crippen LogP contribution in [0, 0.1) is 0 Å². The van der Waals surface area contributed by atoms with Crippen molar-refractivity contribution in [3.8, 4) is 0 Å². The maximum absolute atomic E-state index is 12.2. The van der Waals surface area contributed by atoms with E-state index in [9.17, 15) is 8.42 Å². The molecule has 6 heteroatoms. The van der Waals surface area contributed by atoms with Gasteiger partial charge < -0.3 is 10.2 Å². The third kappa shape index (κ3) is 3.19. The van der Waals surface area contributed by atoms with E-state index in [1.165, 1.54) is 0 Å². The van der Waals surface area contributed by atoms with Crippen LogP contribution in [0.4, 0.5) is 0 Å². The van der Waals surface area contributed by atoms with Crippen LogP contribution in [0.25, 0.3) is 0 Å². The molecule has 2 aliphatic rings. The van der Waals surface area contributed by atoms with Gasteiger partial charge in [0.25, 0.3) is 0 Å². The van der Waals surface area contributed by atoms with E-state index in [4.69, 9.17) is 0 Å². The quantitative estimate of drug-likeness (QED) is 0.755. The standard InChI is InChI=1S/C11H23N3O2S/c1-13-7-5-11(8-13)14(2)17(15,16)9-10-4-3-6-12-10/h10-12H,3-9H2,1-2H3. The highest BCUT2D eigenvalue weighted by Gasteiger charge is 2.32. The normalized spacial score (nSPS) is 31.5. The van der Waals surface area contributed by atoms with Crippen molar-refractivity contribution < 1.29 is 8.42 Å². The Hall–Kier alpha value is -0.170. The molecule has 17 heavy (non-hydrogen) atoms. The van der Waals surface area contributed by atoms with Gasteiger partial charge in [-0.25, -0.2) is 12.7 Å². The van der Waals surface area contributed by atoms with Gasteiger partial charge in [0, 0.05) is 25.7 Å². The van der Waals surface area contributed by atoms with Gasteiger partial charge in [0.05, 0.1) is 5.75 Å². The summed E-state index contributed by atoms with van der Waals surface area (Å²) in [6.45, 7) is 2.80. The van der Waals surface area contributed by atoms with Gasteiger partial charge in [0.15, 0.2) is 0 Å². The van der Waals surface area contributed by atoms with Crippen LogP contribution in [0.3, 0.4) is 0 Å². The number of rotatable bonds is 4. The molecule has 1 N–H and O–H groups in total. The second-order valence-electron chi connectivity index (χ2n) is 5.29. The molecule has 0 bridgehead atoms. The van der Waals surface area contributed by atoms with Gasteiger partial charge in [-0.2, -0.15) is 0 Å². The van der Waals surface area contributed by atoms with Crippen LogP contribution >= 0.6 is 0 Å². The van der Waals surface area contributed by atoms with Gasteiger partial charge in [0.1, 0.15) is 0 Å². The van der Waals surface area contributed by atoms with E-state index in [-0.39, 0.29) is 17.8 Å². The van der Waals surface area contributed by atoms with Gasteiger partial charge in [-0.1, -0.05) is 0 Å². The fourth-order valence-corrected chi connectivity index (χ4v) is 4.36. The van der Waals surface area contributed by atoms with E-state index in [0.717, 1.165) is 38.9 Å². The molecule has 2 atom stereocenters. The van der Waals surface area contributed by atoms with Crippen LogP contribution in [0.5, 0.6) is 0 Å². The van der Waals surface area contributed by atoms with Crippen molar-refractivity contribution in [2.24, 2.45) is 0 Å². The molecule has 5 nitrogen and oxygen atoms in total. The van der Waals surface area contributed by atoms with Crippen LogP contribution in [0.2, 0.25) is 0 Å². The third-order valence-corrected chi connectivity index (χ3v) is 5.89. The Morgan fingerprint density at radius 2 is 2.18 bits per heavy atom. The van der Waals surface area contributed by atoms with Gasteiger partial charge in [0.2, 0.25) is 10.0 Å². The molecule has 0 radical (unpaired) electrons. The first kappa shape index (κ1) is 13.3. The minimum Gasteiger partial charge on any atom is -0.313 e. The summed E-state index contributed by atoms with van der Waals surface area (Å²) in [6.07, 6.45) is 3.03. The Labute approximate surface area is 104 Å². The molecule has 100 valence electrons.